The van der Waals surface area contributed by atoms with Crippen molar-refractivity contribution in [3.8, 4) is 0 Å². The van der Waals surface area contributed by atoms with Crippen molar-refractivity contribution < 1.29 is 46.6 Å². The molecule has 0 aliphatic carbocycles. The number of fused-ring (bicyclic) bond motifs is 1. The van der Waals surface area contributed by atoms with Gasteiger partial charge in [-0.05, 0) is 11.8 Å². The topological polar surface area (TPSA) is 242 Å². The molecule has 1 fully saturated rings. The second-order valence-corrected chi connectivity index (χ2v) is 13.6. The minimum atomic E-state index is -5.45. The number of nitrogen functional groups attached to an aromatic ring is 1. The number of anilines is 1. The van der Waals surface area contributed by atoms with Crippen molar-refractivity contribution in [2.45, 2.75) is 26.2 Å². The summed E-state index contributed by atoms with van der Waals surface area (Å²) in [5.74, 6) is -0.573. The largest absolute Gasteiger partial charge is 0.488 e. The van der Waals surface area contributed by atoms with E-state index in [0.29, 0.717) is 0 Å². The molecular weight excluding hydrogens is 539 g/mol. The zero-order chi connectivity index (χ0) is 25.7. The van der Waals surface area contributed by atoms with Gasteiger partial charge in [0.15, 0.2) is 11.2 Å². The van der Waals surface area contributed by atoms with Crippen LogP contribution in [0.5, 0.6) is 0 Å². The Morgan fingerprint density at radius 2 is 2.00 bits per heavy atom. The van der Waals surface area contributed by atoms with Gasteiger partial charge in [-0.25, -0.2) is 18.4 Å². The SMILES string of the molecule is C=C[C@@H]1[C@@H](COP(O)(=S)OP(=O)(O)OP(=O)(O)O)O[C@@H](n2cnc3c(=O)[nH]c(N)nc32)C1(C)C. The number of hydrogen-bond acceptors (Lipinski definition) is 11. The fourth-order valence-corrected chi connectivity index (χ4v) is 7.65. The molecule has 2 aromatic heterocycles. The Hall–Kier alpha value is -1.32. The van der Waals surface area contributed by atoms with Crippen LogP contribution in [0.25, 0.3) is 11.2 Å². The van der Waals surface area contributed by atoms with Gasteiger partial charge in [-0.15, -0.1) is 6.58 Å². The van der Waals surface area contributed by atoms with Crippen LogP contribution in [0.1, 0.15) is 20.1 Å². The summed E-state index contributed by atoms with van der Waals surface area (Å²) in [5, 5.41) is 0. The predicted molar refractivity (Wildman–Crippen MR) is 120 cm³/mol. The van der Waals surface area contributed by atoms with E-state index in [4.69, 9.17) is 24.8 Å². The van der Waals surface area contributed by atoms with Gasteiger partial charge >= 0.3 is 22.4 Å². The predicted octanol–water partition coefficient (Wildman–Crippen LogP) is 0.887. The van der Waals surface area contributed by atoms with Gasteiger partial charge in [0.05, 0.1) is 19.0 Å². The summed E-state index contributed by atoms with van der Waals surface area (Å²) in [6.07, 6.45) is 1.30. The summed E-state index contributed by atoms with van der Waals surface area (Å²) in [5.41, 5.74) is 4.59. The molecule has 1 aliphatic rings. The highest BCUT2D eigenvalue weighted by Gasteiger charge is 2.51. The molecule has 0 radical (unpaired) electrons. The number of nitrogens with two attached hydrogens (primary N) is 1. The van der Waals surface area contributed by atoms with Gasteiger partial charge in [0, 0.05) is 11.3 Å². The molecule has 0 aromatic carbocycles. The third-order valence-electron chi connectivity index (χ3n) is 4.97. The zero-order valence-corrected chi connectivity index (χ0v) is 21.1. The number of rotatable bonds is 9. The highest BCUT2D eigenvalue weighted by Crippen LogP contribution is 2.66. The molecular formula is C14H22N5O11P3S. The van der Waals surface area contributed by atoms with Crippen LogP contribution in [-0.4, -0.2) is 51.8 Å². The van der Waals surface area contributed by atoms with Crippen LogP contribution in [-0.2, 0) is 38.8 Å². The second kappa shape index (κ2) is 9.28. The first-order valence-electron chi connectivity index (χ1n) is 9.24. The smallest absolute Gasteiger partial charge is 0.369 e. The molecule has 7 N–H and O–H groups in total. The van der Waals surface area contributed by atoms with E-state index < -0.39 is 58.2 Å². The molecule has 20 heteroatoms. The molecule has 190 valence electrons. The van der Waals surface area contributed by atoms with Crippen molar-refractivity contribution in [1.29, 1.82) is 0 Å². The van der Waals surface area contributed by atoms with E-state index in [1.807, 2.05) is 13.8 Å². The molecule has 1 saturated heterocycles. The Kier molecular flexibility index (Phi) is 7.44. The van der Waals surface area contributed by atoms with Crippen molar-refractivity contribution in [3.05, 3.63) is 29.3 Å². The molecule has 0 saturated carbocycles. The van der Waals surface area contributed by atoms with Gasteiger partial charge in [0.1, 0.15) is 6.23 Å². The number of aromatic amines is 1. The highest BCUT2D eigenvalue weighted by molar-refractivity contribution is 8.08. The Balaban J connectivity index is 1.83. The standard InChI is InChI=1S/C14H22N5O11P3S/c1-4-7-8(5-27-33(26,34)30-32(24,25)29-31(21,22)23)28-12(14(7,2)3)19-6-16-9-10(19)17-13(15)18-11(9)20/h4,6-8,12H,1,5H2,2-3H3,(H,24,25)(H,26,34)(H2,21,22,23)(H3,15,17,18,20)/t7-,8-,12-,33?/m1/s1. The van der Waals surface area contributed by atoms with Crippen LogP contribution in [0.4, 0.5) is 5.95 Å². The second-order valence-electron chi connectivity index (χ2n) is 7.77. The summed E-state index contributed by atoms with van der Waals surface area (Å²) in [7, 11) is -10.9. The van der Waals surface area contributed by atoms with Crippen molar-refractivity contribution in [2.75, 3.05) is 12.3 Å². The molecule has 0 amide bonds. The average Bonchev–Trinajstić information content (AvgIpc) is 3.14. The minimum Gasteiger partial charge on any atom is -0.369 e. The van der Waals surface area contributed by atoms with E-state index in [1.165, 1.54) is 10.9 Å². The highest BCUT2D eigenvalue weighted by atomic mass is 32.5. The van der Waals surface area contributed by atoms with E-state index in [9.17, 15) is 23.7 Å². The normalized spacial score (nSPS) is 26.2. The zero-order valence-electron chi connectivity index (χ0n) is 17.6. The van der Waals surface area contributed by atoms with Crippen LogP contribution in [0.15, 0.2) is 23.8 Å². The first-order valence-corrected chi connectivity index (χ1v) is 14.9. The first kappa shape index (κ1) is 27.3. The van der Waals surface area contributed by atoms with Gasteiger partial charge in [0.2, 0.25) is 5.95 Å². The summed E-state index contributed by atoms with van der Waals surface area (Å²) < 4.78 is 43.0. The minimum absolute atomic E-state index is 0.0338. The third kappa shape index (κ3) is 5.90. The maximum absolute atomic E-state index is 12.1. The Labute approximate surface area is 196 Å². The molecule has 16 nitrogen and oxygen atoms in total. The van der Waals surface area contributed by atoms with Crippen molar-refractivity contribution in [2.24, 2.45) is 11.3 Å². The molecule has 0 spiro atoms. The van der Waals surface area contributed by atoms with Crippen LogP contribution in [0, 0.1) is 11.3 Å². The Bertz CT molecular complexity index is 1310. The van der Waals surface area contributed by atoms with Crippen LogP contribution < -0.4 is 11.3 Å². The lowest BCUT2D eigenvalue weighted by Gasteiger charge is -2.30. The Morgan fingerprint density at radius 3 is 2.59 bits per heavy atom. The number of H-pyrrole nitrogens is 1. The van der Waals surface area contributed by atoms with Gasteiger partial charge < -0.3 is 34.6 Å². The molecule has 1 aliphatic heterocycles. The third-order valence-corrected chi connectivity index (χ3v) is 9.69. The Morgan fingerprint density at radius 1 is 1.35 bits per heavy atom. The molecule has 5 atom stereocenters. The van der Waals surface area contributed by atoms with E-state index in [-0.39, 0.29) is 17.1 Å². The van der Waals surface area contributed by atoms with Crippen LogP contribution in [0.2, 0.25) is 0 Å². The lowest BCUT2D eigenvalue weighted by Crippen LogP contribution is -2.29. The first-order chi connectivity index (χ1) is 15.5. The van der Waals surface area contributed by atoms with Crippen molar-refractivity contribution in [3.63, 3.8) is 0 Å². The molecule has 0 bridgehead atoms. The number of ether oxygens (including phenoxy) is 1. The molecule has 3 heterocycles. The summed E-state index contributed by atoms with van der Waals surface area (Å²) in [6, 6.07) is 0. The number of hydrogen-bond donors (Lipinski definition) is 6. The lowest BCUT2D eigenvalue weighted by atomic mass is 9.77. The van der Waals surface area contributed by atoms with E-state index >= 15 is 0 Å². The number of imidazole rings is 1. The lowest BCUT2D eigenvalue weighted by molar-refractivity contribution is -0.0431. The van der Waals surface area contributed by atoms with Gasteiger partial charge in [-0.3, -0.25) is 14.3 Å². The molecule has 3 rings (SSSR count). The summed E-state index contributed by atoms with van der Waals surface area (Å²) in [4.78, 5) is 59.5. The molecule has 34 heavy (non-hydrogen) atoms. The monoisotopic (exact) mass is 561 g/mol. The average molecular weight is 561 g/mol. The maximum Gasteiger partial charge on any atom is 0.488 e. The van der Waals surface area contributed by atoms with Crippen molar-refractivity contribution in [1.82, 2.24) is 19.5 Å². The van der Waals surface area contributed by atoms with Gasteiger partial charge in [0.25, 0.3) is 5.56 Å². The van der Waals surface area contributed by atoms with Crippen molar-refractivity contribution >= 4 is 51.3 Å². The summed E-state index contributed by atoms with van der Waals surface area (Å²) in [6.45, 7) is 2.45. The maximum atomic E-state index is 12.1. The number of nitrogens with one attached hydrogen (secondary N) is 1. The van der Waals surface area contributed by atoms with Gasteiger partial charge in [-0.2, -0.15) is 9.29 Å². The van der Waals surface area contributed by atoms with E-state index in [2.05, 4.69) is 42.0 Å². The van der Waals surface area contributed by atoms with Gasteiger partial charge in [-0.1, -0.05) is 19.9 Å². The van der Waals surface area contributed by atoms with E-state index in [1.54, 1.807) is 6.08 Å². The van der Waals surface area contributed by atoms with E-state index in [0.717, 1.165) is 0 Å². The fourth-order valence-electron chi connectivity index (χ4n) is 3.68. The molecule has 2 aromatic rings. The quantitative estimate of drug-likeness (QED) is 0.184. The number of nitrogens with zero attached hydrogens (tertiary/aromatic N) is 3. The van der Waals surface area contributed by atoms with Crippen LogP contribution in [0.3, 0.4) is 0 Å². The fraction of sp³-hybridized carbons (Fsp3) is 0.500. The summed E-state index contributed by atoms with van der Waals surface area (Å²) >= 11 is 4.65. The number of phosphoric acid groups is 2. The van der Waals surface area contributed by atoms with Crippen LogP contribution >= 0.6 is 22.4 Å². The number of aromatic nitrogens is 4. The molecule has 2 unspecified atom stereocenters.